The van der Waals surface area contributed by atoms with Crippen LogP contribution in [0.2, 0.25) is 0 Å². The molecule has 16 heavy (non-hydrogen) atoms. The molecule has 2 aliphatic rings. The highest BCUT2D eigenvalue weighted by molar-refractivity contribution is 7.86. The van der Waals surface area contributed by atoms with Gasteiger partial charge in [0.15, 0.2) is 0 Å². The number of nitrogens with one attached hydrogen (secondary N) is 1. The molecule has 0 aromatic heterocycles. The van der Waals surface area contributed by atoms with E-state index in [0.717, 1.165) is 25.8 Å². The number of fused-ring (bicyclic) bond motifs is 1. The molecule has 1 N–H and O–H groups in total. The Morgan fingerprint density at radius 1 is 1.31 bits per heavy atom. The number of piperidine rings is 2. The summed E-state index contributed by atoms with van der Waals surface area (Å²) in [6.45, 7) is 2.41. The quantitative estimate of drug-likeness (QED) is 0.739. The maximum absolute atomic E-state index is 12.0. The third kappa shape index (κ3) is 2.25. The average molecular weight is 247 g/mol. The lowest BCUT2D eigenvalue weighted by molar-refractivity contribution is 0.166. The topological polar surface area (TPSA) is 52.7 Å². The van der Waals surface area contributed by atoms with Crippen LogP contribution in [0.25, 0.3) is 0 Å². The van der Waals surface area contributed by atoms with Crippen LogP contribution in [-0.4, -0.2) is 56.8 Å². The van der Waals surface area contributed by atoms with E-state index >= 15 is 0 Å². The van der Waals surface area contributed by atoms with Crippen LogP contribution in [0.5, 0.6) is 0 Å². The first kappa shape index (κ1) is 12.3. The molecular formula is C10H21N3O2S. The van der Waals surface area contributed by atoms with Crippen molar-refractivity contribution >= 4 is 10.2 Å². The normalized spacial score (nSPS) is 32.7. The highest BCUT2D eigenvalue weighted by Gasteiger charge is 2.36. The van der Waals surface area contributed by atoms with Crippen LogP contribution in [-0.2, 0) is 10.2 Å². The zero-order valence-corrected chi connectivity index (χ0v) is 10.8. The molecule has 0 radical (unpaired) electrons. The van der Waals surface area contributed by atoms with Gasteiger partial charge in [0.25, 0.3) is 10.2 Å². The van der Waals surface area contributed by atoms with Gasteiger partial charge in [0.05, 0.1) is 0 Å². The molecule has 2 fully saturated rings. The summed E-state index contributed by atoms with van der Waals surface area (Å²) < 4.78 is 26.9. The van der Waals surface area contributed by atoms with Crippen LogP contribution in [0.4, 0.5) is 0 Å². The Morgan fingerprint density at radius 3 is 2.75 bits per heavy atom. The highest BCUT2D eigenvalue weighted by Crippen LogP contribution is 2.26. The molecule has 0 unspecified atom stereocenters. The van der Waals surface area contributed by atoms with E-state index in [0.29, 0.717) is 25.0 Å². The summed E-state index contributed by atoms with van der Waals surface area (Å²) in [5.74, 6) is 0.497. The van der Waals surface area contributed by atoms with Crippen LogP contribution in [0.3, 0.4) is 0 Å². The predicted molar refractivity (Wildman–Crippen MR) is 63.3 cm³/mol. The SMILES string of the molecule is CN(C)S(=O)(=O)N1CC[C@H]2NCCC[C@H]2C1. The molecule has 2 rings (SSSR count). The zero-order valence-electron chi connectivity index (χ0n) is 10.0. The molecule has 5 nitrogen and oxygen atoms in total. The minimum atomic E-state index is -3.21. The summed E-state index contributed by atoms with van der Waals surface area (Å²) in [6, 6.07) is 0.530. The van der Waals surface area contributed by atoms with E-state index in [-0.39, 0.29) is 0 Å². The van der Waals surface area contributed by atoms with Crippen LogP contribution in [0.1, 0.15) is 19.3 Å². The fourth-order valence-electron chi connectivity index (χ4n) is 2.65. The molecule has 2 saturated heterocycles. The van der Waals surface area contributed by atoms with Crippen LogP contribution in [0.15, 0.2) is 0 Å². The van der Waals surface area contributed by atoms with Crippen molar-refractivity contribution in [3.05, 3.63) is 0 Å². The molecule has 0 saturated carbocycles. The lowest BCUT2D eigenvalue weighted by Crippen LogP contribution is -2.55. The fourth-order valence-corrected chi connectivity index (χ4v) is 3.83. The van der Waals surface area contributed by atoms with E-state index in [4.69, 9.17) is 0 Å². The van der Waals surface area contributed by atoms with Gasteiger partial charge in [0.2, 0.25) is 0 Å². The van der Waals surface area contributed by atoms with Crippen molar-refractivity contribution in [2.75, 3.05) is 33.7 Å². The van der Waals surface area contributed by atoms with Crippen molar-refractivity contribution in [1.82, 2.24) is 13.9 Å². The van der Waals surface area contributed by atoms with Gasteiger partial charge in [-0.3, -0.25) is 0 Å². The van der Waals surface area contributed by atoms with Gasteiger partial charge >= 0.3 is 0 Å². The monoisotopic (exact) mass is 247 g/mol. The first-order valence-electron chi connectivity index (χ1n) is 5.93. The van der Waals surface area contributed by atoms with Crippen LogP contribution in [0, 0.1) is 5.92 Å². The first-order valence-corrected chi connectivity index (χ1v) is 7.32. The minimum absolute atomic E-state index is 0.497. The summed E-state index contributed by atoms with van der Waals surface area (Å²) in [7, 11) is -0.0161. The Hall–Kier alpha value is -0.170. The average Bonchev–Trinajstić information content (AvgIpc) is 2.28. The fraction of sp³-hybridized carbons (Fsp3) is 1.00. The van der Waals surface area contributed by atoms with E-state index in [1.54, 1.807) is 18.4 Å². The molecular weight excluding hydrogens is 226 g/mol. The van der Waals surface area contributed by atoms with Gasteiger partial charge in [0.1, 0.15) is 0 Å². The summed E-state index contributed by atoms with van der Waals surface area (Å²) >= 11 is 0. The van der Waals surface area contributed by atoms with E-state index in [2.05, 4.69) is 5.32 Å². The van der Waals surface area contributed by atoms with Gasteiger partial charge < -0.3 is 5.32 Å². The second-order valence-corrected chi connectivity index (χ2v) is 7.04. The Morgan fingerprint density at radius 2 is 2.06 bits per heavy atom. The van der Waals surface area contributed by atoms with Crippen molar-refractivity contribution in [2.45, 2.75) is 25.3 Å². The largest absolute Gasteiger partial charge is 0.314 e. The van der Waals surface area contributed by atoms with E-state index < -0.39 is 10.2 Å². The predicted octanol–water partition coefficient (Wildman–Crippen LogP) is -0.133. The van der Waals surface area contributed by atoms with E-state index in [1.807, 2.05) is 0 Å². The second kappa shape index (κ2) is 4.60. The lowest BCUT2D eigenvalue weighted by Gasteiger charge is -2.41. The Balaban J connectivity index is 2.05. The molecule has 2 atom stereocenters. The standard InChI is InChI=1S/C10H21N3O2S/c1-12(2)16(14,15)13-7-5-10-9(8-13)4-3-6-11-10/h9-11H,3-8H2,1-2H3/t9-,10+/m0/s1. The molecule has 0 aromatic carbocycles. The number of nitrogens with zero attached hydrogens (tertiary/aromatic N) is 2. The highest BCUT2D eigenvalue weighted by atomic mass is 32.2. The number of hydrogen-bond acceptors (Lipinski definition) is 3. The second-order valence-electron chi connectivity index (χ2n) is 4.90. The van der Waals surface area contributed by atoms with E-state index in [9.17, 15) is 8.42 Å². The van der Waals surface area contributed by atoms with Crippen molar-refractivity contribution in [3.8, 4) is 0 Å². The summed E-state index contributed by atoms with van der Waals surface area (Å²) in [5, 5.41) is 3.49. The van der Waals surface area contributed by atoms with Crippen molar-refractivity contribution in [2.24, 2.45) is 5.92 Å². The molecule has 6 heteroatoms. The summed E-state index contributed by atoms with van der Waals surface area (Å²) in [6.07, 6.45) is 3.26. The first-order chi connectivity index (χ1) is 7.51. The Bertz CT molecular complexity index is 342. The van der Waals surface area contributed by atoms with Crippen LogP contribution < -0.4 is 5.32 Å². The molecule has 0 aromatic rings. The van der Waals surface area contributed by atoms with Crippen molar-refractivity contribution < 1.29 is 8.42 Å². The van der Waals surface area contributed by atoms with Gasteiger partial charge in [0, 0.05) is 33.2 Å². The molecule has 2 aliphatic heterocycles. The Labute approximate surface area is 98.0 Å². The minimum Gasteiger partial charge on any atom is -0.314 e. The van der Waals surface area contributed by atoms with Gasteiger partial charge in [-0.05, 0) is 31.7 Å². The van der Waals surface area contributed by atoms with Gasteiger partial charge in [-0.2, -0.15) is 17.0 Å². The maximum Gasteiger partial charge on any atom is 0.281 e. The van der Waals surface area contributed by atoms with Gasteiger partial charge in [-0.25, -0.2) is 0 Å². The van der Waals surface area contributed by atoms with Crippen molar-refractivity contribution in [3.63, 3.8) is 0 Å². The number of hydrogen-bond donors (Lipinski definition) is 1. The Kier molecular flexibility index (Phi) is 3.53. The maximum atomic E-state index is 12.0. The summed E-state index contributed by atoms with van der Waals surface area (Å²) in [4.78, 5) is 0. The molecule has 2 heterocycles. The summed E-state index contributed by atoms with van der Waals surface area (Å²) in [5.41, 5.74) is 0. The smallest absolute Gasteiger partial charge is 0.281 e. The molecule has 0 spiro atoms. The molecule has 94 valence electrons. The van der Waals surface area contributed by atoms with Gasteiger partial charge in [-0.1, -0.05) is 0 Å². The van der Waals surface area contributed by atoms with Gasteiger partial charge in [-0.15, -0.1) is 0 Å². The lowest BCUT2D eigenvalue weighted by atomic mass is 9.86. The number of rotatable bonds is 2. The molecule has 0 bridgehead atoms. The van der Waals surface area contributed by atoms with Crippen molar-refractivity contribution in [1.29, 1.82) is 0 Å². The zero-order chi connectivity index (χ0) is 11.8. The third-order valence-electron chi connectivity index (χ3n) is 3.64. The van der Waals surface area contributed by atoms with Crippen LogP contribution >= 0.6 is 0 Å². The third-order valence-corrected chi connectivity index (χ3v) is 5.55. The molecule has 0 aliphatic carbocycles. The van der Waals surface area contributed by atoms with E-state index in [1.165, 1.54) is 4.31 Å². The molecule has 0 amide bonds.